The topological polar surface area (TPSA) is 37.4 Å². The lowest BCUT2D eigenvalue weighted by atomic mass is 10.2. The second kappa shape index (κ2) is 6.63. The van der Waals surface area contributed by atoms with Crippen LogP contribution in [-0.2, 0) is 15.9 Å². The zero-order chi connectivity index (χ0) is 15.8. The molecular weight excluding hydrogens is 353 g/mol. The molecule has 0 saturated heterocycles. The summed E-state index contributed by atoms with van der Waals surface area (Å²) in [4.78, 5) is 0.0432. The number of sulfonamides is 1. The normalized spacial score (nSPS) is 16.0. The Morgan fingerprint density at radius 2 is 1.90 bits per heavy atom. The molecule has 1 aromatic carbocycles. The van der Waals surface area contributed by atoms with Gasteiger partial charge in [-0.25, -0.2) is 8.42 Å². The van der Waals surface area contributed by atoms with Gasteiger partial charge in [-0.2, -0.15) is 4.31 Å². The molecule has 1 aliphatic carbocycles. The van der Waals surface area contributed by atoms with Crippen LogP contribution in [0.25, 0.3) is 0 Å². The summed E-state index contributed by atoms with van der Waals surface area (Å²) in [5.74, 6) is 0.569. The third-order valence-electron chi connectivity index (χ3n) is 3.52. The molecule has 1 fully saturated rings. The fraction of sp³-hybridized carbons (Fsp3) is 0.571. The largest absolute Gasteiger partial charge is 0.244 e. The molecule has 0 atom stereocenters. The number of hydrogen-bond donors (Lipinski definition) is 0. The molecule has 118 valence electrons. The molecule has 3 nitrogen and oxygen atoms in total. The number of benzene rings is 1. The Hall–Kier alpha value is -0.000000000000000111. The van der Waals surface area contributed by atoms with E-state index in [4.69, 9.17) is 34.8 Å². The number of hydrogen-bond acceptors (Lipinski definition) is 2. The van der Waals surface area contributed by atoms with Crippen LogP contribution >= 0.6 is 34.8 Å². The first-order valence-electron chi connectivity index (χ1n) is 6.83. The minimum Gasteiger partial charge on any atom is -0.207 e. The van der Waals surface area contributed by atoms with E-state index < -0.39 is 10.0 Å². The van der Waals surface area contributed by atoms with Gasteiger partial charge in [-0.05, 0) is 50.3 Å². The predicted octanol–water partition coefficient (Wildman–Crippen LogP) is 4.54. The fourth-order valence-corrected chi connectivity index (χ4v) is 5.07. The first-order valence-corrected chi connectivity index (χ1v) is 9.56. The number of rotatable bonds is 6. The summed E-state index contributed by atoms with van der Waals surface area (Å²) in [5.41, 5.74) is 0.527. The molecule has 0 radical (unpaired) electrons. The molecular formula is C14H18Cl3NO2S. The highest BCUT2D eigenvalue weighted by Gasteiger charge is 2.35. The Bertz CT molecular complexity index is 627. The summed E-state index contributed by atoms with van der Waals surface area (Å²) < 4.78 is 27.3. The summed E-state index contributed by atoms with van der Waals surface area (Å²) >= 11 is 18.0. The van der Waals surface area contributed by atoms with Crippen LogP contribution < -0.4 is 0 Å². The van der Waals surface area contributed by atoms with E-state index in [2.05, 4.69) is 0 Å². The molecule has 0 N–H and O–H groups in total. The van der Waals surface area contributed by atoms with E-state index >= 15 is 0 Å². The van der Waals surface area contributed by atoms with Crippen molar-refractivity contribution in [1.82, 2.24) is 4.31 Å². The Morgan fingerprint density at radius 1 is 1.29 bits per heavy atom. The zero-order valence-electron chi connectivity index (χ0n) is 11.9. The molecule has 7 heteroatoms. The summed E-state index contributed by atoms with van der Waals surface area (Å²) in [6.07, 6.45) is 2.16. The molecule has 0 bridgehead atoms. The lowest BCUT2D eigenvalue weighted by molar-refractivity contribution is 0.342. The van der Waals surface area contributed by atoms with Crippen molar-refractivity contribution in [3.63, 3.8) is 0 Å². The second-order valence-electron chi connectivity index (χ2n) is 5.62. The highest BCUT2D eigenvalue weighted by atomic mass is 35.5. The van der Waals surface area contributed by atoms with Crippen molar-refractivity contribution in [2.45, 2.75) is 43.5 Å². The van der Waals surface area contributed by atoms with Crippen molar-refractivity contribution in [2.75, 3.05) is 6.54 Å². The van der Waals surface area contributed by atoms with E-state index in [0.717, 1.165) is 12.8 Å². The van der Waals surface area contributed by atoms with Gasteiger partial charge in [-0.1, -0.05) is 23.2 Å². The Balaban J connectivity index is 2.48. The molecule has 0 amide bonds. The Kier molecular flexibility index (Phi) is 5.48. The van der Waals surface area contributed by atoms with E-state index in [1.807, 2.05) is 13.8 Å². The van der Waals surface area contributed by atoms with Crippen LogP contribution in [0, 0.1) is 5.92 Å². The van der Waals surface area contributed by atoms with Crippen LogP contribution in [0.2, 0.25) is 10.0 Å². The van der Waals surface area contributed by atoms with Crippen LogP contribution in [-0.4, -0.2) is 25.3 Å². The van der Waals surface area contributed by atoms with Crippen molar-refractivity contribution in [2.24, 2.45) is 5.92 Å². The van der Waals surface area contributed by atoms with Gasteiger partial charge in [-0.3, -0.25) is 0 Å². The average molecular weight is 371 g/mol. The van der Waals surface area contributed by atoms with Crippen LogP contribution in [0.3, 0.4) is 0 Å². The van der Waals surface area contributed by atoms with Gasteiger partial charge in [0.05, 0.1) is 5.02 Å². The number of nitrogens with zero attached hydrogens (tertiary/aromatic N) is 1. The second-order valence-corrected chi connectivity index (χ2v) is 8.56. The smallest absolute Gasteiger partial charge is 0.207 e. The molecule has 0 unspecified atom stereocenters. The maximum atomic E-state index is 12.9. The quantitative estimate of drug-likeness (QED) is 0.689. The first kappa shape index (κ1) is 17.4. The van der Waals surface area contributed by atoms with Crippen LogP contribution in [0.5, 0.6) is 0 Å². The van der Waals surface area contributed by atoms with E-state index in [9.17, 15) is 8.42 Å². The molecule has 1 aromatic rings. The summed E-state index contributed by atoms with van der Waals surface area (Å²) in [6, 6.07) is 2.86. The van der Waals surface area contributed by atoms with E-state index in [1.54, 1.807) is 6.07 Å². The number of alkyl halides is 1. The van der Waals surface area contributed by atoms with E-state index in [0.29, 0.717) is 23.0 Å². The van der Waals surface area contributed by atoms with Gasteiger partial charge in [0.15, 0.2) is 0 Å². The van der Waals surface area contributed by atoms with Gasteiger partial charge in [0.2, 0.25) is 10.0 Å². The van der Waals surface area contributed by atoms with Crippen LogP contribution in [0.4, 0.5) is 0 Å². The molecule has 0 heterocycles. The highest BCUT2D eigenvalue weighted by Crippen LogP contribution is 2.36. The van der Waals surface area contributed by atoms with Crippen molar-refractivity contribution in [3.05, 3.63) is 27.7 Å². The van der Waals surface area contributed by atoms with Gasteiger partial charge in [-0.15, -0.1) is 11.6 Å². The molecule has 0 aliphatic heterocycles. The molecule has 0 spiro atoms. The van der Waals surface area contributed by atoms with Crippen molar-refractivity contribution in [1.29, 1.82) is 0 Å². The minimum absolute atomic E-state index is 0.0432. The average Bonchev–Trinajstić information content (AvgIpc) is 3.21. The molecule has 21 heavy (non-hydrogen) atoms. The third kappa shape index (κ3) is 3.85. The fourth-order valence-electron chi connectivity index (χ4n) is 2.17. The molecule has 1 aliphatic rings. The highest BCUT2D eigenvalue weighted by molar-refractivity contribution is 7.89. The van der Waals surface area contributed by atoms with Gasteiger partial charge in [0.1, 0.15) is 4.90 Å². The van der Waals surface area contributed by atoms with Crippen molar-refractivity contribution < 1.29 is 8.42 Å². The lowest BCUT2D eigenvalue weighted by Gasteiger charge is -2.26. The van der Waals surface area contributed by atoms with Gasteiger partial charge in [0.25, 0.3) is 0 Å². The maximum absolute atomic E-state index is 12.9. The van der Waals surface area contributed by atoms with Gasteiger partial charge in [0, 0.05) is 23.5 Å². The standard InChI is InChI=1S/C14H18Cl3NO2S/c1-9(2)18(8-10-3-4-10)21(19,20)13-6-12(16)5-11(7-15)14(13)17/h5-6,9-10H,3-4,7-8H2,1-2H3. The molecule has 0 aromatic heterocycles. The SMILES string of the molecule is CC(C)N(CC1CC1)S(=O)(=O)c1cc(Cl)cc(CCl)c1Cl. The molecule has 1 saturated carbocycles. The van der Waals surface area contributed by atoms with Crippen molar-refractivity contribution >= 4 is 44.8 Å². The van der Waals surface area contributed by atoms with Crippen LogP contribution in [0.1, 0.15) is 32.3 Å². The van der Waals surface area contributed by atoms with E-state index in [1.165, 1.54) is 10.4 Å². The summed E-state index contributed by atoms with van der Waals surface area (Å²) in [7, 11) is -3.68. The number of halogens is 3. The van der Waals surface area contributed by atoms with Crippen molar-refractivity contribution in [3.8, 4) is 0 Å². The Labute approximate surface area is 141 Å². The molecule has 2 rings (SSSR count). The maximum Gasteiger partial charge on any atom is 0.244 e. The minimum atomic E-state index is -3.68. The first-order chi connectivity index (χ1) is 9.77. The monoisotopic (exact) mass is 369 g/mol. The van der Waals surface area contributed by atoms with Gasteiger partial charge < -0.3 is 0 Å². The summed E-state index contributed by atoms with van der Waals surface area (Å²) in [6.45, 7) is 4.25. The van der Waals surface area contributed by atoms with Crippen LogP contribution in [0.15, 0.2) is 17.0 Å². The third-order valence-corrected chi connectivity index (χ3v) is 6.65. The Morgan fingerprint density at radius 3 is 2.38 bits per heavy atom. The summed E-state index contributed by atoms with van der Waals surface area (Å²) in [5, 5.41) is 0.486. The predicted molar refractivity (Wildman–Crippen MR) is 87.8 cm³/mol. The zero-order valence-corrected chi connectivity index (χ0v) is 15.0. The van der Waals surface area contributed by atoms with E-state index in [-0.39, 0.29) is 21.8 Å². The van der Waals surface area contributed by atoms with Gasteiger partial charge >= 0.3 is 0 Å². The lowest BCUT2D eigenvalue weighted by Crippen LogP contribution is -2.38.